The van der Waals surface area contributed by atoms with E-state index in [1.807, 2.05) is 11.3 Å². The summed E-state index contributed by atoms with van der Waals surface area (Å²) in [7, 11) is 4.34. The topological polar surface area (TPSA) is 44.4 Å². The molecule has 0 radical (unpaired) electrons. The second-order valence-electron chi connectivity index (χ2n) is 5.99. The van der Waals surface area contributed by atoms with Gasteiger partial charge in [0.2, 0.25) is 0 Å². The summed E-state index contributed by atoms with van der Waals surface area (Å²) in [5.41, 5.74) is 0.139. The lowest BCUT2D eigenvalue weighted by Gasteiger charge is -2.47. The molecule has 1 saturated carbocycles. The molecule has 0 bridgehead atoms. The minimum Gasteiger partial charge on any atom is -0.336 e. The van der Waals surface area contributed by atoms with Crippen molar-refractivity contribution in [2.24, 2.45) is 0 Å². The predicted molar refractivity (Wildman–Crippen MR) is 77.4 cm³/mol. The number of urea groups is 1. The Hall–Kier alpha value is -1.07. The Morgan fingerprint density at radius 2 is 2.00 bits per heavy atom. The molecule has 2 amide bonds. The molecule has 4 nitrogen and oxygen atoms in total. The zero-order valence-corrected chi connectivity index (χ0v) is 12.3. The number of carbonyl (C=O) groups is 1. The van der Waals surface area contributed by atoms with Crippen molar-refractivity contribution in [2.75, 3.05) is 20.6 Å². The van der Waals surface area contributed by atoms with Gasteiger partial charge in [-0.05, 0) is 51.2 Å². The number of rotatable bonds is 2. The highest BCUT2D eigenvalue weighted by Crippen LogP contribution is 2.46. The first kappa shape index (κ1) is 12.9. The molecular formula is C14H21N3OS. The van der Waals surface area contributed by atoms with Crippen LogP contribution < -0.4 is 10.6 Å². The average Bonchev–Trinajstić information content (AvgIpc) is 3.02. The maximum atomic E-state index is 11.4. The van der Waals surface area contributed by atoms with Crippen LogP contribution in [0.25, 0.3) is 0 Å². The van der Waals surface area contributed by atoms with Crippen LogP contribution in [0.2, 0.25) is 0 Å². The Morgan fingerprint density at radius 3 is 2.47 bits per heavy atom. The summed E-state index contributed by atoms with van der Waals surface area (Å²) in [5, 5.41) is 8.19. The molecule has 19 heavy (non-hydrogen) atoms. The number of amides is 2. The molecule has 0 aromatic carbocycles. The van der Waals surface area contributed by atoms with Crippen LogP contribution >= 0.6 is 11.3 Å². The van der Waals surface area contributed by atoms with E-state index in [0.29, 0.717) is 0 Å². The minimum absolute atomic E-state index is 0.00604. The first-order chi connectivity index (χ1) is 9.06. The van der Waals surface area contributed by atoms with Gasteiger partial charge in [-0.15, -0.1) is 11.3 Å². The van der Waals surface area contributed by atoms with Crippen LogP contribution in [0.15, 0.2) is 17.5 Å². The molecule has 3 rings (SSSR count). The van der Waals surface area contributed by atoms with Crippen molar-refractivity contribution < 1.29 is 4.79 Å². The molecule has 5 heteroatoms. The van der Waals surface area contributed by atoms with Gasteiger partial charge in [0.25, 0.3) is 0 Å². The van der Waals surface area contributed by atoms with Gasteiger partial charge in [0, 0.05) is 11.4 Å². The normalized spacial score (nSPS) is 34.6. The summed E-state index contributed by atoms with van der Waals surface area (Å²) >= 11 is 1.84. The molecule has 2 fully saturated rings. The summed E-state index contributed by atoms with van der Waals surface area (Å²) in [4.78, 5) is 15.2. The van der Waals surface area contributed by atoms with E-state index < -0.39 is 0 Å². The van der Waals surface area contributed by atoms with E-state index in [1.54, 1.807) is 0 Å². The van der Waals surface area contributed by atoms with Crippen molar-refractivity contribution in [1.29, 1.82) is 0 Å². The molecule has 1 aliphatic carbocycles. The zero-order valence-electron chi connectivity index (χ0n) is 11.5. The molecule has 0 unspecified atom stereocenters. The first-order valence-electron chi connectivity index (χ1n) is 6.84. The van der Waals surface area contributed by atoms with Crippen molar-refractivity contribution in [1.82, 2.24) is 15.5 Å². The molecule has 0 atom stereocenters. The van der Waals surface area contributed by atoms with Crippen LogP contribution in [0, 0.1) is 0 Å². The van der Waals surface area contributed by atoms with Crippen LogP contribution in [0.5, 0.6) is 0 Å². The third kappa shape index (κ3) is 2.05. The van der Waals surface area contributed by atoms with Gasteiger partial charge in [0.05, 0.1) is 11.1 Å². The summed E-state index contributed by atoms with van der Waals surface area (Å²) in [5.74, 6) is 0. The van der Waals surface area contributed by atoms with Crippen LogP contribution in [0.3, 0.4) is 0 Å². The Morgan fingerprint density at radius 1 is 1.26 bits per heavy atom. The van der Waals surface area contributed by atoms with E-state index in [0.717, 1.165) is 32.2 Å². The Labute approximate surface area is 118 Å². The second kappa shape index (κ2) is 4.49. The van der Waals surface area contributed by atoms with E-state index in [1.165, 1.54) is 4.88 Å². The number of hydrogen-bond acceptors (Lipinski definition) is 3. The third-order valence-corrected chi connectivity index (χ3v) is 5.90. The van der Waals surface area contributed by atoms with Gasteiger partial charge in [-0.25, -0.2) is 4.79 Å². The maximum absolute atomic E-state index is 11.4. The van der Waals surface area contributed by atoms with Gasteiger partial charge in [-0.3, -0.25) is 4.90 Å². The fourth-order valence-electron chi connectivity index (χ4n) is 3.48. The molecule has 104 valence electrons. The van der Waals surface area contributed by atoms with Gasteiger partial charge in [0.1, 0.15) is 0 Å². The molecule has 2 aliphatic rings. The lowest BCUT2D eigenvalue weighted by atomic mass is 9.71. The SMILES string of the molecule is CN(C)C1(c2cccs2)CCC2(CC1)CNC(=O)N2. The van der Waals surface area contributed by atoms with Crippen molar-refractivity contribution in [2.45, 2.75) is 36.8 Å². The number of hydrogen-bond donors (Lipinski definition) is 2. The maximum Gasteiger partial charge on any atom is 0.315 e. The number of nitrogens with one attached hydrogen (secondary N) is 2. The van der Waals surface area contributed by atoms with Gasteiger partial charge >= 0.3 is 6.03 Å². The molecular weight excluding hydrogens is 258 g/mol. The quantitative estimate of drug-likeness (QED) is 0.871. The fourth-order valence-corrected chi connectivity index (χ4v) is 4.55. The van der Waals surface area contributed by atoms with E-state index >= 15 is 0 Å². The van der Waals surface area contributed by atoms with Gasteiger partial charge in [0.15, 0.2) is 0 Å². The average molecular weight is 279 g/mol. The summed E-state index contributed by atoms with van der Waals surface area (Å²) in [6, 6.07) is 4.37. The van der Waals surface area contributed by atoms with Crippen molar-refractivity contribution in [3.8, 4) is 0 Å². The van der Waals surface area contributed by atoms with Crippen molar-refractivity contribution in [3.63, 3.8) is 0 Å². The third-order valence-electron chi connectivity index (χ3n) is 4.84. The number of nitrogens with zero attached hydrogens (tertiary/aromatic N) is 1. The zero-order chi connectivity index (χ0) is 13.5. The van der Waals surface area contributed by atoms with E-state index in [2.05, 4.69) is 47.1 Å². The highest BCUT2D eigenvalue weighted by Gasteiger charge is 2.48. The largest absolute Gasteiger partial charge is 0.336 e. The summed E-state index contributed by atoms with van der Waals surface area (Å²) in [6.45, 7) is 0.778. The van der Waals surface area contributed by atoms with Crippen LogP contribution in [-0.2, 0) is 5.54 Å². The molecule has 1 aliphatic heterocycles. The summed E-state index contributed by atoms with van der Waals surface area (Å²) < 4.78 is 0. The number of carbonyl (C=O) groups excluding carboxylic acids is 1. The fraction of sp³-hybridized carbons (Fsp3) is 0.643. The van der Waals surface area contributed by atoms with E-state index in [-0.39, 0.29) is 17.1 Å². The molecule has 1 spiro atoms. The van der Waals surface area contributed by atoms with Gasteiger partial charge < -0.3 is 10.6 Å². The smallest absolute Gasteiger partial charge is 0.315 e. The second-order valence-corrected chi connectivity index (χ2v) is 6.94. The van der Waals surface area contributed by atoms with Gasteiger partial charge in [-0.2, -0.15) is 0 Å². The molecule has 1 aromatic rings. The van der Waals surface area contributed by atoms with Crippen LogP contribution in [0.1, 0.15) is 30.6 Å². The van der Waals surface area contributed by atoms with Crippen LogP contribution in [-0.4, -0.2) is 37.1 Å². The molecule has 1 aromatic heterocycles. The Bertz CT molecular complexity index is 461. The highest BCUT2D eigenvalue weighted by atomic mass is 32.1. The van der Waals surface area contributed by atoms with Crippen molar-refractivity contribution >= 4 is 17.4 Å². The molecule has 1 saturated heterocycles. The standard InChI is InChI=1S/C14H21N3OS/c1-17(2)14(11-4-3-9-19-11)7-5-13(6-8-14)10-15-12(18)16-13/h3-4,9H,5-8,10H2,1-2H3,(H2,15,16,18). The Balaban J connectivity index is 1.82. The van der Waals surface area contributed by atoms with Crippen LogP contribution in [0.4, 0.5) is 4.79 Å². The van der Waals surface area contributed by atoms with Gasteiger partial charge in [-0.1, -0.05) is 6.07 Å². The monoisotopic (exact) mass is 279 g/mol. The molecule has 2 N–H and O–H groups in total. The van der Waals surface area contributed by atoms with E-state index in [4.69, 9.17) is 0 Å². The lowest BCUT2D eigenvalue weighted by molar-refractivity contribution is 0.0684. The minimum atomic E-state index is -0.00610. The van der Waals surface area contributed by atoms with Crippen molar-refractivity contribution in [3.05, 3.63) is 22.4 Å². The first-order valence-corrected chi connectivity index (χ1v) is 7.72. The number of thiophene rings is 1. The molecule has 2 heterocycles. The lowest BCUT2D eigenvalue weighted by Crippen LogP contribution is -2.53. The summed E-state index contributed by atoms with van der Waals surface area (Å²) in [6.07, 6.45) is 4.29. The van der Waals surface area contributed by atoms with E-state index in [9.17, 15) is 4.79 Å². The Kier molecular flexibility index (Phi) is 3.06. The predicted octanol–water partition coefficient (Wildman–Crippen LogP) is 2.13. The highest BCUT2D eigenvalue weighted by molar-refractivity contribution is 7.10.